The van der Waals surface area contributed by atoms with Crippen LogP contribution in [0.5, 0.6) is 5.75 Å². The van der Waals surface area contributed by atoms with Gasteiger partial charge >= 0.3 is 6.16 Å². The highest BCUT2D eigenvalue weighted by Crippen LogP contribution is 2.16. The smallest absolute Gasteiger partial charge is 0.401 e. The van der Waals surface area contributed by atoms with Gasteiger partial charge in [0.25, 0.3) is 0 Å². The molecule has 4 heteroatoms. The molecule has 64 valence electrons. The van der Waals surface area contributed by atoms with Gasteiger partial charge in [0.1, 0.15) is 5.75 Å². The Balaban J connectivity index is 2.79. The quantitative estimate of drug-likeness (QED) is 0.544. The van der Waals surface area contributed by atoms with Gasteiger partial charge in [0.05, 0.1) is 7.11 Å². The summed E-state index contributed by atoms with van der Waals surface area (Å²) in [7, 11) is 1.50. The first kappa shape index (κ1) is 8.52. The van der Waals surface area contributed by atoms with Gasteiger partial charge in [0.15, 0.2) is 0 Å². The molecule has 0 heterocycles. The maximum atomic E-state index is 11.8. The van der Waals surface area contributed by atoms with Crippen LogP contribution >= 0.6 is 0 Å². The predicted molar refractivity (Wildman–Crippen MR) is 43.1 cm³/mol. The van der Waals surface area contributed by atoms with Crippen LogP contribution in [-0.4, -0.2) is 13.3 Å². The Bertz CT molecular complexity index is 288. The van der Waals surface area contributed by atoms with E-state index in [2.05, 4.69) is 0 Å². The molecule has 0 aliphatic rings. The lowest BCUT2D eigenvalue weighted by molar-refractivity contribution is 0.235. The lowest BCUT2D eigenvalue weighted by Crippen LogP contribution is -2.01. The summed E-state index contributed by atoms with van der Waals surface area (Å²) in [6.07, 6.45) is -1.58. The molecule has 0 unspecified atom stereocenters. The minimum absolute atomic E-state index is 0.377. The highest BCUT2D eigenvalue weighted by atomic mass is 19.1. The summed E-state index contributed by atoms with van der Waals surface area (Å²) in [5.41, 5.74) is 0.377. The standard InChI is InChI=1S/C8H8FNO2/c1-12-7-4-2-3-6(5-7)10-8(9)11/h2-5H,1H3,(H,10,11). The number of methoxy groups -OCH3 is 1. The van der Waals surface area contributed by atoms with E-state index >= 15 is 0 Å². The fourth-order valence-electron chi connectivity index (χ4n) is 0.814. The van der Waals surface area contributed by atoms with E-state index in [0.717, 1.165) is 0 Å². The lowest BCUT2D eigenvalue weighted by Gasteiger charge is -2.02. The predicted octanol–water partition coefficient (Wildman–Crippen LogP) is 2.20. The van der Waals surface area contributed by atoms with Crippen molar-refractivity contribution in [2.75, 3.05) is 12.4 Å². The first-order chi connectivity index (χ1) is 5.72. The summed E-state index contributed by atoms with van der Waals surface area (Å²) < 4.78 is 16.7. The van der Waals surface area contributed by atoms with E-state index in [0.29, 0.717) is 11.4 Å². The molecule has 12 heavy (non-hydrogen) atoms. The molecule has 0 radical (unpaired) electrons. The zero-order valence-electron chi connectivity index (χ0n) is 6.50. The number of amides is 1. The summed E-state index contributed by atoms with van der Waals surface area (Å²) in [5, 5.41) is 1.99. The Morgan fingerprint density at radius 2 is 2.33 bits per heavy atom. The first-order valence-corrected chi connectivity index (χ1v) is 3.33. The monoisotopic (exact) mass is 169 g/mol. The second kappa shape index (κ2) is 3.71. The highest BCUT2D eigenvalue weighted by molar-refractivity contribution is 5.83. The second-order valence-corrected chi connectivity index (χ2v) is 2.13. The molecule has 3 nitrogen and oxygen atoms in total. The van der Waals surface area contributed by atoms with Crippen molar-refractivity contribution in [2.24, 2.45) is 0 Å². The Morgan fingerprint density at radius 1 is 1.58 bits per heavy atom. The number of rotatable bonds is 2. The molecule has 1 amide bonds. The average Bonchev–Trinajstić information content (AvgIpc) is 2.03. The number of nitrogens with one attached hydrogen (secondary N) is 1. The molecule has 1 rings (SSSR count). The zero-order valence-corrected chi connectivity index (χ0v) is 6.50. The molecule has 0 atom stereocenters. The third-order valence-electron chi connectivity index (χ3n) is 1.31. The van der Waals surface area contributed by atoms with Crippen molar-refractivity contribution in [1.29, 1.82) is 0 Å². The molecule has 0 aliphatic carbocycles. The van der Waals surface area contributed by atoms with Crippen LogP contribution < -0.4 is 10.1 Å². The van der Waals surface area contributed by atoms with Crippen molar-refractivity contribution >= 4 is 11.8 Å². The van der Waals surface area contributed by atoms with Gasteiger partial charge in [-0.25, -0.2) is 4.79 Å². The summed E-state index contributed by atoms with van der Waals surface area (Å²) in [6, 6.07) is 6.45. The number of hydrogen-bond acceptors (Lipinski definition) is 2. The third-order valence-corrected chi connectivity index (χ3v) is 1.31. The Morgan fingerprint density at radius 3 is 2.92 bits per heavy atom. The van der Waals surface area contributed by atoms with Crippen LogP contribution in [-0.2, 0) is 0 Å². The molecule has 0 spiro atoms. The third kappa shape index (κ3) is 2.23. The molecular weight excluding hydrogens is 161 g/mol. The van der Waals surface area contributed by atoms with E-state index in [1.165, 1.54) is 13.2 Å². The minimum Gasteiger partial charge on any atom is -0.497 e. The summed E-state index contributed by atoms with van der Waals surface area (Å²) in [6.45, 7) is 0. The van der Waals surface area contributed by atoms with Crippen molar-refractivity contribution in [3.05, 3.63) is 24.3 Å². The van der Waals surface area contributed by atoms with E-state index in [9.17, 15) is 9.18 Å². The number of anilines is 1. The maximum absolute atomic E-state index is 11.8. The number of hydrogen-bond donors (Lipinski definition) is 1. The second-order valence-electron chi connectivity index (χ2n) is 2.13. The fraction of sp³-hybridized carbons (Fsp3) is 0.125. The molecule has 0 aliphatic heterocycles. The van der Waals surface area contributed by atoms with E-state index in [4.69, 9.17) is 4.74 Å². The van der Waals surface area contributed by atoms with Crippen LogP contribution in [0.15, 0.2) is 24.3 Å². The van der Waals surface area contributed by atoms with E-state index in [1.807, 2.05) is 5.32 Å². The Hall–Kier alpha value is -1.58. The van der Waals surface area contributed by atoms with Gasteiger partial charge in [-0.15, -0.1) is 4.39 Å². The van der Waals surface area contributed by atoms with Crippen LogP contribution in [0.1, 0.15) is 0 Å². The molecule has 1 aromatic carbocycles. The van der Waals surface area contributed by atoms with Gasteiger partial charge in [-0.2, -0.15) is 0 Å². The molecule has 0 bridgehead atoms. The topological polar surface area (TPSA) is 38.3 Å². The number of benzene rings is 1. The SMILES string of the molecule is COc1cccc(NC(=O)F)c1. The van der Waals surface area contributed by atoms with Crippen LogP contribution in [0.4, 0.5) is 14.9 Å². The van der Waals surface area contributed by atoms with Crippen LogP contribution in [0, 0.1) is 0 Å². The molecule has 0 aromatic heterocycles. The number of carbonyl (C=O) groups excluding carboxylic acids is 1. The molecule has 0 saturated heterocycles. The minimum atomic E-state index is -1.58. The number of halogens is 1. The highest BCUT2D eigenvalue weighted by Gasteiger charge is 1.98. The van der Waals surface area contributed by atoms with Crippen LogP contribution in [0.2, 0.25) is 0 Å². The number of ether oxygens (including phenoxy) is 1. The van der Waals surface area contributed by atoms with Gasteiger partial charge in [0, 0.05) is 11.8 Å². The molecule has 0 saturated carbocycles. The van der Waals surface area contributed by atoms with Gasteiger partial charge in [0.2, 0.25) is 0 Å². The van der Waals surface area contributed by atoms with Crippen molar-refractivity contribution in [1.82, 2.24) is 0 Å². The molecule has 1 N–H and O–H groups in total. The Labute approximate surface area is 69.2 Å². The van der Waals surface area contributed by atoms with Crippen LogP contribution in [0.25, 0.3) is 0 Å². The zero-order chi connectivity index (χ0) is 8.97. The van der Waals surface area contributed by atoms with Gasteiger partial charge in [-0.1, -0.05) is 6.07 Å². The lowest BCUT2D eigenvalue weighted by atomic mass is 10.3. The van der Waals surface area contributed by atoms with Crippen molar-refractivity contribution in [3.8, 4) is 5.75 Å². The molecular formula is C8H8FNO2. The molecule has 1 aromatic rings. The van der Waals surface area contributed by atoms with E-state index in [1.54, 1.807) is 18.2 Å². The van der Waals surface area contributed by atoms with E-state index in [-0.39, 0.29) is 0 Å². The van der Waals surface area contributed by atoms with Gasteiger partial charge in [-0.05, 0) is 12.1 Å². The molecule has 0 fully saturated rings. The number of carbonyl (C=O) groups is 1. The average molecular weight is 169 g/mol. The first-order valence-electron chi connectivity index (χ1n) is 3.33. The fourth-order valence-corrected chi connectivity index (χ4v) is 0.814. The summed E-state index contributed by atoms with van der Waals surface area (Å²) >= 11 is 0. The summed E-state index contributed by atoms with van der Waals surface area (Å²) in [4.78, 5) is 9.99. The Kier molecular flexibility index (Phi) is 2.63. The van der Waals surface area contributed by atoms with Crippen molar-refractivity contribution < 1.29 is 13.9 Å². The van der Waals surface area contributed by atoms with E-state index < -0.39 is 6.16 Å². The van der Waals surface area contributed by atoms with Crippen molar-refractivity contribution in [3.63, 3.8) is 0 Å². The van der Waals surface area contributed by atoms with Gasteiger partial charge < -0.3 is 4.74 Å². The normalized spacial score (nSPS) is 9.17. The van der Waals surface area contributed by atoms with Crippen molar-refractivity contribution in [2.45, 2.75) is 0 Å². The van der Waals surface area contributed by atoms with Crippen LogP contribution in [0.3, 0.4) is 0 Å². The van der Waals surface area contributed by atoms with Gasteiger partial charge in [-0.3, -0.25) is 5.32 Å². The largest absolute Gasteiger partial charge is 0.497 e. The summed E-state index contributed by atoms with van der Waals surface area (Å²) in [5.74, 6) is 0.571. The maximum Gasteiger partial charge on any atom is 0.401 e.